The monoisotopic (exact) mass is 337 g/mol. The first kappa shape index (κ1) is 16.7. The quantitative estimate of drug-likeness (QED) is 0.379. The van der Waals surface area contributed by atoms with Crippen LogP contribution in [0.1, 0.15) is 30.0 Å². The van der Waals surface area contributed by atoms with Gasteiger partial charge in [-0.2, -0.15) is 0 Å². The lowest BCUT2D eigenvalue weighted by molar-refractivity contribution is -0.387. The van der Waals surface area contributed by atoms with E-state index in [2.05, 4.69) is 10.2 Å². The van der Waals surface area contributed by atoms with Crippen molar-refractivity contribution in [3.8, 4) is 0 Å². The molecule has 9 nitrogen and oxygen atoms in total. The van der Waals surface area contributed by atoms with Crippen molar-refractivity contribution >= 4 is 23.4 Å². The highest BCUT2D eigenvalue weighted by Gasteiger charge is 2.21. The van der Waals surface area contributed by atoms with E-state index in [1.54, 1.807) is 20.8 Å². The van der Waals surface area contributed by atoms with Gasteiger partial charge in [-0.25, -0.2) is 9.47 Å². The SMILES string of the molecule is Cc1nnc(Sc2ccc(C(=O)OC(C)C)cc2[N+](=O)[O-])n1N. The van der Waals surface area contributed by atoms with Crippen molar-refractivity contribution < 1.29 is 14.5 Å². The zero-order valence-corrected chi connectivity index (χ0v) is 13.5. The number of esters is 1. The van der Waals surface area contributed by atoms with Gasteiger partial charge in [0.05, 0.1) is 21.5 Å². The molecule has 0 saturated heterocycles. The lowest BCUT2D eigenvalue weighted by Crippen LogP contribution is -2.12. The third kappa shape index (κ3) is 3.77. The number of hydrogen-bond donors (Lipinski definition) is 1. The van der Waals surface area contributed by atoms with Gasteiger partial charge in [0.25, 0.3) is 5.69 Å². The molecule has 0 aliphatic carbocycles. The number of carbonyl (C=O) groups excluding carboxylic acids is 1. The van der Waals surface area contributed by atoms with Crippen molar-refractivity contribution in [2.75, 3.05) is 5.84 Å². The van der Waals surface area contributed by atoms with Gasteiger partial charge >= 0.3 is 5.97 Å². The Morgan fingerprint density at radius 3 is 2.65 bits per heavy atom. The molecule has 2 aromatic rings. The number of benzene rings is 1. The van der Waals surface area contributed by atoms with Crippen LogP contribution in [-0.2, 0) is 4.74 Å². The molecule has 0 unspecified atom stereocenters. The molecular weight excluding hydrogens is 322 g/mol. The second-order valence-corrected chi connectivity index (χ2v) is 5.90. The number of ether oxygens (including phenoxy) is 1. The molecule has 0 fully saturated rings. The van der Waals surface area contributed by atoms with E-state index in [9.17, 15) is 14.9 Å². The van der Waals surface area contributed by atoms with Crippen LogP contribution in [0.2, 0.25) is 0 Å². The van der Waals surface area contributed by atoms with Crippen LogP contribution in [-0.4, -0.2) is 31.9 Å². The van der Waals surface area contributed by atoms with Gasteiger partial charge in [-0.05, 0) is 44.7 Å². The summed E-state index contributed by atoms with van der Waals surface area (Å²) >= 11 is 0.995. The summed E-state index contributed by atoms with van der Waals surface area (Å²) in [6, 6.07) is 4.10. The normalized spacial score (nSPS) is 10.8. The Morgan fingerprint density at radius 2 is 2.13 bits per heavy atom. The molecular formula is C13H15N5O4S. The molecule has 0 saturated carbocycles. The summed E-state index contributed by atoms with van der Waals surface area (Å²) < 4.78 is 6.27. The fraction of sp³-hybridized carbons (Fsp3) is 0.308. The molecule has 0 bridgehead atoms. The van der Waals surface area contributed by atoms with Gasteiger partial charge in [-0.15, -0.1) is 10.2 Å². The maximum absolute atomic E-state index is 11.9. The summed E-state index contributed by atoms with van der Waals surface area (Å²) in [5.41, 5.74) is -0.117. The maximum Gasteiger partial charge on any atom is 0.338 e. The minimum Gasteiger partial charge on any atom is -0.459 e. The number of nitrogen functional groups attached to an aromatic ring is 1. The van der Waals surface area contributed by atoms with Crippen molar-refractivity contribution in [1.29, 1.82) is 0 Å². The standard InChI is InChI=1S/C13H15N5O4S/c1-7(2)22-12(19)9-4-5-11(10(6-9)18(20)21)23-13-16-15-8(3)17(13)14/h4-7H,14H2,1-3H3. The van der Waals surface area contributed by atoms with E-state index in [-0.39, 0.29) is 17.4 Å². The summed E-state index contributed by atoms with van der Waals surface area (Å²) in [5.74, 6) is 5.60. The number of aryl methyl sites for hydroxylation is 1. The van der Waals surface area contributed by atoms with E-state index in [0.29, 0.717) is 15.9 Å². The highest BCUT2D eigenvalue weighted by Crippen LogP contribution is 2.34. The van der Waals surface area contributed by atoms with E-state index in [4.69, 9.17) is 10.6 Å². The predicted molar refractivity (Wildman–Crippen MR) is 82.7 cm³/mol. The highest BCUT2D eigenvalue weighted by molar-refractivity contribution is 7.99. The largest absolute Gasteiger partial charge is 0.459 e. The molecule has 23 heavy (non-hydrogen) atoms. The highest BCUT2D eigenvalue weighted by atomic mass is 32.2. The van der Waals surface area contributed by atoms with Crippen LogP contribution in [0.3, 0.4) is 0 Å². The van der Waals surface area contributed by atoms with Crippen LogP contribution in [0.5, 0.6) is 0 Å². The Balaban J connectivity index is 2.35. The molecule has 1 aromatic carbocycles. The lowest BCUT2D eigenvalue weighted by Gasteiger charge is -2.08. The molecule has 1 heterocycles. The molecule has 0 aliphatic rings. The molecule has 0 spiro atoms. The van der Waals surface area contributed by atoms with Gasteiger partial charge in [0.15, 0.2) is 0 Å². The predicted octanol–water partition coefficient (Wildman–Crippen LogP) is 1.92. The molecule has 2 N–H and O–H groups in total. The first-order valence-electron chi connectivity index (χ1n) is 6.64. The Bertz CT molecular complexity index is 759. The van der Waals surface area contributed by atoms with E-state index in [1.807, 2.05) is 0 Å². The smallest absolute Gasteiger partial charge is 0.338 e. The summed E-state index contributed by atoms with van der Waals surface area (Å²) in [7, 11) is 0. The molecule has 0 aliphatic heterocycles. The summed E-state index contributed by atoms with van der Waals surface area (Å²) in [6.45, 7) is 5.07. The van der Waals surface area contributed by atoms with Crippen LogP contribution >= 0.6 is 11.8 Å². The van der Waals surface area contributed by atoms with E-state index < -0.39 is 10.9 Å². The lowest BCUT2D eigenvalue weighted by atomic mass is 10.2. The zero-order chi connectivity index (χ0) is 17.1. The van der Waals surface area contributed by atoms with Crippen molar-refractivity contribution in [3.63, 3.8) is 0 Å². The Hall–Kier alpha value is -2.62. The molecule has 1 aromatic heterocycles. The number of rotatable bonds is 5. The number of nitro groups is 1. The van der Waals surface area contributed by atoms with Crippen molar-refractivity contribution in [1.82, 2.24) is 14.9 Å². The zero-order valence-electron chi connectivity index (χ0n) is 12.7. The van der Waals surface area contributed by atoms with Gasteiger partial charge in [-0.3, -0.25) is 10.1 Å². The molecule has 10 heteroatoms. The van der Waals surface area contributed by atoms with Crippen LogP contribution in [0.4, 0.5) is 5.69 Å². The first-order valence-corrected chi connectivity index (χ1v) is 7.45. The number of nitrogens with two attached hydrogens (primary N) is 1. The van der Waals surface area contributed by atoms with Crippen molar-refractivity contribution in [3.05, 3.63) is 39.7 Å². The molecule has 0 radical (unpaired) electrons. The second kappa shape index (κ2) is 6.65. The van der Waals surface area contributed by atoms with Crippen LogP contribution in [0, 0.1) is 17.0 Å². The fourth-order valence-corrected chi connectivity index (χ4v) is 2.56. The van der Waals surface area contributed by atoms with E-state index >= 15 is 0 Å². The molecule has 0 amide bonds. The van der Waals surface area contributed by atoms with Crippen LogP contribution < -0.4 is 5.84 Å². The number of aromatic nitrogens is 3. The summed E-state index contributed by atoms with van der Waals surface area (Å²) in [6.07, 6.45) is -0.311. The summed E-state index contributed by atoms with van der Waals surface area (Å²) in [5, 5.41) is 19.2. The molecule has 122 valence electrons. The third-order valence-electron chi connectivity index (χ3n) is 2.77. The third-order valence-corrected chi connectivity index (χ3v) is 3.80. The van der Waals surface area contributed by atoms with Gasteiger partial charge < -0.3 is 10.6 Å². The van der Waals surface area contributed by atoms with Gasteiger partial charge in [0.1, 0.15) is 5.82 Å². The Morgan fingerprint density at radius 1 is 1.43 bits per heavy atom. The number of nitro benzene ring substituents is 1. The minimum absolute atomic E-state index is 0.111. The summed E-state index contributed by atoms with van der Waals surface area (Å²) in [4.78, 5) is 22.9. The van der Waals surface area contributed by atoms with Gasteiger partial charge in [-0.1, -0.05) is 0 Å². The Labute approximate surface area is 136 Å². The average Bonchev–Trinajstić information content (AvgIpc) is 2.78. The fourth-order valence-electron chi connectivity index (χ4n) is 1.67. The maximum atomic E-state index is 11.9. The van der Waals surface area contributed by atoms with Crippen molar-refractivity contribution in [2.45, 2.75) is 36.9 Å². The van der Waals surface area contributed by atoms with E-state index in [0.717, 1.165) is 11.8 Å². The van der Waals surface area contributed by atoms with E-state index in [1.165, 1.54) is 22.9 Å². The first-order chi connectivity index (χ1) is 10.8. The number of hydrogen-bond acceptors (Lipinski definition) is 8. The topological polar surface area (TPSA) is 126 Å². The van der Waals surface area contributed by atoms with Gasteiger partial charge in [0, 0.05) is 6.07 Å². The number of carbonyl (C=O) groups is 1. The molecule has 0 atom stereocenters. The second-order valence-electron chi connectivity index (χ2n) is 4.90. The van der Waals surface area contributed by atoms with Crippen LogP contribution in [0.15, 0.2) is 28.3 Å². The molecule has 2 rings (SSSR count). The van der Waals surface area contributed by atoms with Crippen molar-refractivity contribution in [2.24, 2.45) is 0 Å². The Kier molecular flexibility index (Phi) is 4.84. The van der Waals surface area contributed by atoms with Crippen LogP contribution in [0.25, 0.3) is 0 Å². The number of nitrogens with zero attached hydrogens (tertiary/aromatic N) is 4. The van der Waals surface area contributed by atoms with Gasteiger partial charge in [0.2, 0.25) is 5.16 Å². The average molecular weight is 337 g/mol. The minimum atomic E-state index is -0.613.